The van der Waals surface area contributed by atoms with E-state index in [4.69, 9.17) is 5.26 Å². The molecule has 21 heavy (non-hydrogen) atoms. The lowest BCUT2D eigenvalue weighted by Crippen LogP contribution is -2.37. The van der Waals surface area contributed by atoms with Crippen molar-refractivity contribution in [3.8, 4) is 6.07 Å². The average Bonchev–Trinajstić information content (AvgIpc) is 3.34. The summed E-state index contributed by atoms with van der Waals surface area (Å²) in [5.41, 5.74) is 0.819. The molecule has 0 spiro atoms. The van der Waals surface area contributed by atoms with Gasteiger partial charge in [0, 0.05) is 24.7 Å². The monoisotopic (exact) mass is 287 g/mol. The van der Waals surface area contributed by atoms with E-state index < -0.39 is 0 Å². The Balaban J connectivity index is 1.69. The minimum Gasteiger partial charge on any atom is -0.317 e. The zero-order valence-electron chi connectivity index (χ0n) is 12.3. The Hall–Kier alpha value is -1.44. The molecule has 2 fully saturated rings. The minimum absolute atomic E-state index is 0.158. The number of halogens is 1. The van der Waals surface area contributed by atoms with Gasteiger partial charge in [-0.3, -0.25) is 4.90 Å². The highest BCUT2D eigenvalue weighted by Crippen LogP contribution is 2.31. The van der Waals surface area contributed by atoms with Crippen LogP contribution in [-0.4, -0.2) is 30.6 Å². The molecular formula is C17H22FN3. The summed E-state index contributed by atoms with van der Waals surface area (Å²) >= 11 is 0. The number of benzene rings is 1. The largest absolute Gasteiger partial charge is 0.317 e. The summed E-state index contributed by atoms with van der Waals surface area (Å²) in [6, 6.07) is 7.70. The first-order valence-electron chi connectivity index (χ1n) is 7.90. The normalized spacial score (nSPS) is 19.7. The number of piperidine rings is 1. The van der Waals surface area contributed by atoms with E-state index in [-0.39, 0.29) is 11.4 Å². The molecule has 1 aliphatic heterocycles. The van der Waals surface area contributed by atoms with Gasteiger partial charge in [0.05, 0.1) is 5.56 Å². The molecule has 0 radical (unpaired) electrons. The standard InChI is InChI=1S/C17H22FN3/c18-17-14(10-19)2-1-3-15(17)12-21(16-4-5-16)11-13-6-8-20-9-7-13/h1-3,13,16,20H,4-9,11-12H2. The van der Waals surface area contributed by atoms with E-state index in [1.807, 2.05) is 12.1 Å². The number of nitriles is 1. The molecule has 0 aromatic heterocycles. The van der Waals surface area contributed by atoms with E-state index in [0.717, 1.165) is 19.6 Å². The van der Waals surface area contributed by atoms with Crippen molar-refractivity contribution in [3.05, 3.63) is 35.1 Å². The van der Waals surface area contributed by atoms with Crippen molar-refractivity contribution < 1.29 is 4.39 Å². The summed E-state index contributed by atoms with van der Waals surface area (Å²) in [6.07, 6.45) is 4.88. The van der Waals surface area contributed by atoms with Crippen LogP contribution in [0.2, 0.25) is 0 Å². The number of hydrogen-bond acceptors (Lipinski definition) is 3. The zero-order chi connectivity index (χ0) is 14.7. The highest BCUT2D eigenvalue weighted by Gasteiger charge is 2.31. The van der Waals surface area contributed by atoms with Gasteiger partial charge in [-0.15, -0.1) is 0 Å². The van der Waals surface area contributed by atoms with E-state index in [1.165, 1.54) is 25.7 Å². The molecule has 112 valence electrons. The van der Waals surface area contributed by atoms with Gasteiger partial charge in [0.25, 0.3) is 0 Å². The Morgan fingerprint density at radius 3 is 2.67 bits per heavy atom. The first-order chi connectivity index (χ1) is 10.3. The number of rotatable bonds is 5. The van der Waals surface area contributed by atoms with Crippen LogP contribution in [0.15, 0.2) is 18.2 Å². The van der Waals surface area contributed by atoms with Crippen molar-refractivity contribution in [2.75, 3.05) is 19.6 Å². The molecule has 0 unspecified atom stereocenters. The highest BCUT2D eigenvalue weighted by molar-refractivity contribution is 5.35. The van der Waals surface area contributed by atoms with Crippen LogP contribution < -0.4 is 5.32 Å². The molecular weight excluding hydrogens is 265 g/mol. The van der Waals surface area contributed by atoms with Gasteiger partial charge in [0.1, 0.15) is 11.9 Å². The van der Waals surface area contributed by atoms with Crippen LogP contribution in [-0.2, 0) is 6.54 Å². The lowest BCUT2D eigenvalue weighted by Gasteiger charge is -2.30. The summed E-state index contributed by atoms with van der Waals surface area (Å²) in [4.78, 5) is 2.43. The maximum Gasteiger partial charge on any atom is 0.145 e. The van der Waals surface area contributed by atoms with Gasteiger partial charge >= 0.3 is 0 Å². The molecule has 3 nitrogen and oxygen atoms in total. The Morgan fingerprint density at radius 1 is 1.24 bits per heavy atom. The molecule has 0 atom stereocenters. The molecule has 0 bridgehead atoms. The SMILES string of the molecule is N#Cc1cccc(CN(CC2CCNCC2)C2CC2)c1F. The molecule has 1 aromatic rings. The van der Waals surface area contributed by atoms with Gasteiger partial charge in [-0.25, -0.2) is 4.39 Å². The molecule has 0 amide bonds. The predicted molar refractivity (Wildman–Crippen MR) is 80.1 cm³/mol. The molecule has 3 rings (SSSR count). The molecule has 4 heteroatoms. The van der Waals surface area contributed by atoms with Crippen LogP contribution in [0.5, 0.6) is 0 Å². The van der Waals surface area contributed by atoms with Crippen LogP contribution >= 0.6 is 0 Å². The molecule has 1 aliphatic carbocycles. The Bertz CT molecular complexity index is 527. The fourth-order valence-electron chi connectivity index (χ4n) is 3.19. The van der Waals surface area contributed by atoms with Crippen LogP contribution in [0, 0.1) is 23.1 Å². The molecule has 1 saturated heterocycles. The van der Waals surface area contributed by atoms with E-state index >= 15 is 0 Å². The van der Waals surface area contributed by atoms with E-state index in [1.54, 1.807) is 12.1 Å². The second kappa shape index (κ2) is 6.55. The molecule has 1 heterocycles. The van der Waals surface area contributed by atoms with E-state index in [2.05, 4.69) is 10.2 Å². The second-order valence-corrected chi connectivity index (χ2v) is 6.24. The first-order valence-corrected chi connectivity index (χ1v) is 7.90. The van der Waals surface area contributed by atoms with Crippen molar-refractivity contribution in [1.29, 1.82) is 5.26 Å². The van der Waals surface area contributed by atoms with Crippen LogP contribution in [0.3, 0.4) is 0 Å². The number of hydrogen-bond donors (Lipinski definition) is 1. The predicted octanol–water partition coefficient (Wildman–Crippen LogP) is 2.66. The minimum atomic E-state index is -0.337. The van der Waals surface area contributed by atoms with Crippen molar-refractivity contribution in [2.24, 2.45) is 5.92 Å². The fraction of sp³-hybridized carbons (Fsp3) is 0.588. The Morgan fingerprint density at radius 2 is 2.00 bits per heavy atom. The van der Waals surface area contributed by atoms with Crippen molar-refractivity contribution in [1.82, 2.24) is 10.2 Å². The zero-order valence-corrected chi connectivity index (χ0v) is 12.3. The fourth-order valence-corrected chi connectivity index (χ4v) is 3.19. The van der Waals surface area contributed by atoms with E-state index in [9.17, 15) is 4.39 Å². The smallest absolute Gasteiger partial charge is 0.145 e. The third-order valence-corrected chi connectivity index (χ3v) is 4.59. The Labute approximate surface area is 125 Å². The van der Waals surface area contributed by atoms with Crippen LogP contribution in [0.1, 0.15) is 36.8 Å². The third kappa shape index (κ3) is 3.61. The number of nitrogens with zero attached hydrogens (tertiary/aromatic N) is 2. The first kappa shape index (κ1) is 14.5. The summed E-state index contributed by atoms with van der Waals surface area (Å²) in [7, 11) is 0. The number of nitrogens with one attached hydrogen (secondary N) is 1. The molecule has 2 aliphatic rings. The summed E-state index contributed by atoms with van der Waals surface area (Å²) in [5, 5.41) is 12.3. The van der Waals surface area contributed by atoms with Gasteiger partial charge in [-0.1, -0.05) is 12.1 Å². The second-order valence-electron chi connectivity index (χ2n) is 6.24. The van der Waals surface area contributed by atoms with E-state index in [0.29, 0.717) is 24.1 Å². The summed E-state index contributed by atoms with van der Waals surface area (Å²) in [6.45, 7) is 3.89. The van der Waals surface area contributed by atoms with Crippen molar-refractivity contribution >= 4 is 0 Å². The van der Waals surface area contributed by atoms with Crippen molar-refractivity contribution in [3.63, 3.8) is 0 Å². The lowest BCUT2D eigenvalue weighted by molar-refractivity contribution is 0.188. The van der Waals surface area contributed by atoms with Crippen LogP contribution in [0.4, 0.5) is 4.39 Å². The maximum absolute atomic E-state index is 14.2. The summed E-state index contributed by atoms with van der Waals surface area (Å²) in [5.74, 6) is 0.380. The lowest BCUT2D eigenvalue weighted by atomic mass is 9.97. The average molecular weight is 287 g/mol. The molecule has 1 saturated carbocycles. The van der Waals surface area contributed by atoms with Gasteiger partial charge in [-0.05, 0) is 50.8 Å². The third-order valence-electron chi connectivity index (χ3n) is 4.59. The molecule has 1 aromatic carbocycles. The van der Waals surface area contributed by atoms with Gasteiger partial charge < -0.3 is 5.32 Å². The van der Waals surface area contributed by atoms with Crippen molar-refractivity contribution in [2.45, 2.75) is 38.3 Å². The Kier molecular flexibility index (Phi) is 4.52. The van der Waals surface area contributed by atoms with Gasteiger partial charge in [-0.2, -0.15) is 5.26 Å². The molecule has 1 N–H and O–H groups in total. The maximum atomic E-state index is 14.2. The van der Waals surface area contributed by atoms with Gasteiger partial charge in [0.15, 0.2) is 0 Å². The topological polar surface area (TPSA) is 39.1 Å². The quantitative estimate of drug-likeness (QED) is 0.905. The summed E-state index contributed by atoms with van der Waals surface area (Å²) < 4.78 is 14.2. The van der Waals surface area contributed by atoms with Crippen LogP contribution in [0.25, 0.3) is 0 Å². The highest BCUT2D eigenvalue weighted by atomic mass is 19.1. The van der Waals surface area contributed by atoms with Gasteiger partial charge in [0.2, 0.25) is 0 Å².